The monoisotopic (exact) mass is 312 g/mol. The lowest BCUT2D eigenvalue weighted by Gasteiger charge is -2.20. The molecule has 1 amide bonds. The molecule has 3 rings (SSSR count). The van der Waals surface area contributed by atoms with Crippen molar-refractivity contribution >= 4 is 17.4 Å². The van der Waals surface area contributed by atoms with Crippen molar-refractivity contribution in [1.29, 1.82) is 0 Å². The van der Waals surface area contributed by atoms with E-state index in [0.29, 0.717) is 25.6 Å². The Bertz CT molecular complexity index is 625. The van der Waals surface area contributed by atoms with E-state index in [9.17, 15) is 4.79 Å². The number of hydrogen-bond acceptors (Lipinski definition) is 5. The fourth-order valence-corrected chi connectivity index (χ4v) is 2.46. The number of nitrogens with one attached hydrogen (secondary N) is 2. The first-order valence-electron chi connectivity index (χ1n) is 7.80. The molecule has 0 aromatic carbocycles. The highest BCUT2D eigenvalue weighted by molar-refractivity contribution is 5.91. The zero-order valence-electron chi connectivity index (χ0n) is 12.9. The molecule has 0 saturated carbocycles. The fourth-order valence-electron chi connectivity index (χ4n) is 2.46. The number of ether oxygens (including phenoxy) is 1. The van der Waals surface area contributed by atoms with Crippen LogP contribution in [0.3, 0.4) is 0 Å². The molecule has 0 aliphatic carbocycles. The summed E-state index contributed by atoms with van der Waals surface area (Å²) in [6.45, 7) is 1.94. The van der Waals surface area contributed by atoms with Gasteiger partial charge in [-0.05, 0) is 37.1 Å². The third kappa shape index (κ3) is 4.50. The van der Waals surface area contributed by atoms with Gasteiger partial charge in [0.15, 0.2) is 0 Å². The number of nitrogens with zero attached hydrogens (tertiary/aromatic N) is 2. The summed E-state index contributed by atoms with van der Waals surface area (Å²) in [6, 6.07) is 9.51. The molecule has 1 fully saturated rings. The Morgan fingerprint density at radius 2 is 2.04 bits per heavy atom. The standard InChI is InChI=1S/C17H20N4O2/c22-17(13-6-9-23-10-7-13)21-16-5-4-15(12-20-16)19-11-14-3-1-2-8-18-14/h1-5,8,12-13,19H,6-7,9-11H2,(H,20,21,22). The Morgan fingerprint density at radius 3 is 2.74 bits per heavy atom. The van der Waals surface area contributed by atoms with E-state index in [1.165, 1.54) is 0 Å². The Balaban J connectivity index is 1.51. The third-order valence-corrected chi connectivity index (χ3v) is 3.81. The number of anilines is 2. The topological polar surface area (TPSA) is 76.1 Å². The first-order valence-corrected chi connectivity index (χ1v) is 7.80. The average molecular weight is 312 g/mol. The van der Waals surface area contributed by atoms with E-state index < -0.39 is 0 Å². The minimum atomic E-state index is 0.0208. The molecule has 120 valence electrons. The van der Waals surface area contributed by atoms with E-state index in [4.69, 9.17) is 4.74 Å². The predicted molar refractivity (Wildman–Crippen MR) is 88.0 cm³/mol. The summed E-state index contributed by atoms with van der Waals surface area (Å²) in [5.74, 6) is 0.618. The lowest BCUT2D eigenvalue weighted by Crippen LogP contribution is -2.28. The van der Waals surface area contributed by atoms with E-state index >= 15 is 0 Å². The largest absolute Gasteiger partial charge is 0.381 e. The Labute approximate surface area is 135 Å². The highest BCUT2D eigenvalue weighted by atomic mass is 16.5. The summed E-state index contributed by atoms with van der Waals surface area (Å²) in [4.78, 5) is 20.7. The summed E-state index contributed by atoms with van der Waals surface area (Å²) in [6.07, 6.45) is 5.03. The molecule has 0 atom stereocenters. The third-order valence-electron chi connectivity index (χ3n) is 3.81. The maximum atomic E-state index is 12.1. The predicted octanol–water partition coefficient (Wildman–Crippen LogP) is 2.45. The second-order valence-electron chi connectivity index (χ2n) is 5.48. The summed E-state index contributed by atoms with van der Waals surface area (Å²) < 4.78 is 5.27. The van der Waals surface area contributed by atoms with Gasteiger partial charge in [-0.25, -0.2) is 4.98 Å². The first-order chi connectivity index (χ1) is 11.3. The molecule has 0 spiro atoms. The van der Waals surface area contributed by atoms with Crippen LogP contribution in [-0.4, -0.2) is 29.1 Å². The van der Waals surface area contributed by atoms with Gasteiger partial charge in [0.25, 0.3) is 0 Å². The second kappa shape index (κ2) is 7.69. The molecule has 1 saturated heterocycles. The Kier molecular flexibility index (Phi) is 5.16. The molecule has 23 heavy (non-hydrogen) atoms. The van der Waals surface area contributed by atoms with Crippen LogP contribution < -0.4 is 10.6 Å². The maximum absolute atomic E-state index is 12.1. The summed E-state index contributed by atoms with van der Waals surface area (Å²) in [7, 11) is 0. The fraction of sp³-hybridized carbons (Fsp3) is 0.353. The van der Waals surface area contributed by atoms with Gasteiger partial charge >= 0.3 is 0 Å². The molecule has 3 heterocycles. The van der Waals surface area contributed by atoms with E-state index in [0.717, 1.165) is 24.2 Å². The van der Waals surface area contributed by atoms with Crippen molar-refractivity contribution in [2.45, 2.75) is 19.4 Å². The summed E-state index contributed by atoms with van der Waals surface area (Å²) in [5.41, 5.74) is 1.85. The number of aromatic nitrogens is 2. The molecule has 1 aliphatic rings. The van der Waals surface area contributed by atoms with Crippen LogP contribution in [0.25, 0.3) is 0 Å². The van der Waals surface area contributed by atoms with E-state index in [2.05, 4.69) is 20.6 Å². The minimum absolute atomic E-state index is 0.0208. The van der Waals surface area contributed by atoms with Crippen molar-refractivity contribution in [1.82, 2.24) is 9.97 Å². The number of amides is 1. The van der Waals surface area contributed by atoms with E-state index in [1.54, 1.807) is 18.5 Å². The molecule has 1 aliphatic heterocycles. The minimum Gasteiger partial charge on any atom is -0.381 e. The van der Waals surface area contributed by atoms with Crippen LogP contribution in [0.2, 0.25) is 0 Å². The van der Waals surface area contributed by atoms with Crippen molar-refractivity contribution in [2.75, 3.05) is 23.8 Å². The highest BCUT2D eigenvalue weighted by Gasteiger charge is 2.21. The molecule has 2 N–H and O–H groups in total. The molecule has 2 aromatic heterocycles. The summed E-state index contributed by atoms with van der Waals surface area (Å²) in [5, 5.41) is 6.12. The second-order valence-corrected chi connectivity index (χ2v) is 5.48. The molecule has 6 heteroatoms. The van der Waals surface area contributed by atoms with Crippen LogP contribution in [0.5, 0.6) is 0 Å². The van der Waals surface area contributed by atoms with Crippen molar-refractivity contribution in [3.8, 4) is 0 Å². The Hall–Kier alpha value is -2.47. The van der Waals surface area contributed by atoms with Crippen molar-refractivity contribution in [3.05, 3.63) is 48.4 Å². The van der Waals surface area contributed by atoms with Gasteiger partial charge in [0.2, 0.25) is 5.91 Å². The number of carbonyl (C=O) groups is 1. The lowest BCUT2D eigenvalue weighted by molar-refractivity contribution is -0.122. The first kappa shape index (κ1) is 15.4. The van der Waals surface area contributed by atoms with Crippen LogP contribution in [0.15, 0.2) is 42.7 Å². The zero-order valence-corrected chi connectivity index (χ0v) is 12.9. The molecule has 6 nitrogen and oxygen atoms in total. The number of rotatable bonds is 5. The molecule has 0 unspecified atom stereocenters. The van der Waals surface area contributed by atoms with Gasteiger partial charge in [0.1, 0.15) is 5.82 Å². The van der Waals surface area contributed by atoms with Crippen molar-refractivity contribution in [3.63, 3.8) is 0 Å². The van der Waals surface area contributed by atoms with E-state index in [-0.39, 0.29) is 11.8 Å². The van der Waals surface area contributed by atoms with Crippen LogP contribution >= 0.6 is 0 Å². The maximum Gasteiger partial charge on any atom is 0.228 e. The van der Waals surface area contributed by atoms with Crippen LogP contribution in [0.4, 0.5) is 11.5 Å². The van der Waals surface area contributed by atoms with Crippen LogP contribution in [-0.2, 0) is 16.1 Å². The highest BCUT2D eigenvalue weighted by Crippen LogP contribution is 2.17. The van der Waals surface area contributed by atoms with Gasteiger partial charge in [-0.2, -0.15) is 0 Å². The quantitative estimate of drug-likeness (QED) is 0.887. The SMILES string of the molecule is O=C(Nc1ccc(NCc2ccccn2)cn1)C1CCOCC1. The lowest BCUT2D eigenvalue weighted by atomic mass is 9.99. The average Bonchev–Trinajstić information content (AvgIpc) is 2.63. The van der Waals surface area contributed by atoms with Crippen molar-refractivity contribution < 1.29 is 9.53 Å². The molecular formula is C17H20N4O2. The van der Waals surface area contributed by atoms with Gasteiger partial charge in [-0.15, -0.1) is 0 Å². The molecule has 0 bridgehead atoms. The zero-order chi connectivity index (χ0) is 15.9. The number of pyridine rings is 2. The van der Waals surface area contributed by atoms with Gasteiger partial charge in [-0.1, -0.05) is 6.07 Å². The van der Waals surface area contributed by atoms with Crippen LogP contribution in [0.1, 0.15) is 18.5 Å². The smallest absolute Gasteiger partial charge is 0.228 e. The van der Waals surface area contributed by atoms with Gasteiger partial charge in [0, 0.05) is 25.3 Å². The molecular weight excluding hydrogens is 292 g/mol. The molecule has 0 radical (unpaired) electrons. The van der Waals surface area contributed by atoms with E-state index in [1.807, 2.05) is 24.3 Å². The number of carbonyl (C=O) groups excluding carboxylic acids is 1. The normalized spacial score (nSPS) is 15.1. The van der Waals surface area contributed by atoms with Gasteiger partial charge in [0.05, 0.1) is 24.1 Å². The molecule has 2 aromatic rings. The van der Waals surface area contributed by atoms with Gasteiger partial charge < -0.3 is 15.4 Å². The summed E-state index contributed by atoms with van der Waals surface area (Å²) >= 11 is 0. The Morgan fingerprint density at radius 1 is 1.17 bits per heavy atom. The van der Waals surface area contributed by atoms with Crippen LogP contribution in [0, 0.1) is 5.92 Å². The number of hydrogen-bond donors (Lipinski definition) is 2. The van der Waals surface area contributed by atoms with Gasteiger partial charge in [-0.3, -0.25) is 9.78 Å². The van der Waals surface area contributed by atoms with Crippen molar-refractivity contribution in [2.24, 2.45) is 5.92 Å².